The average Bonchev–Trinajstić information content (AvgIpc) is 3.16. The lowest BCUT2D eigenvalue weighted by Gasteiger charge is -2.35. The van der Waals surface area contributed by atoms with Gasteiger partial charge in [-0.3, -0.25) is 9.59 Å². The first kappa shape index (κ1) is 21.2. The van der Waals surface area contributed by atoms with E-state index in [4.69, 9.17) is 0 Å². The molecule has 3 aromatic rings. The minimum atomic E-state index is -0.00376. The molecular formula is C26H31N3O2. The van der Waals surface area contributed by atoms with Crippen LogP contribution in [-0.4, -0.2) is 52.4 Å². The van der Waals surface area contributed by atoms with Gasteiger partial charge in [0.1, 0.15) is 0 Å². The second-order valence-corrected chi connectivity index (χ2v) is 8.45. The van der Waals surface area contributed by atoms with Gasteiger partial charge in [-0.05, 0) is 31.0 Å². The van der Waals surface area contributed by atoms with E-state index in [0.717, 1.165) is 6.54 Å². The Kier molecular flexibility index (Phi) is 6.12. The number of amides is 2. The molecule has 31 heavy (non-hydrogen) atoms. The molecule has 1 aliphatic rings. The van der Waals surface area contributed by atoms with Crippen molar-refractivity contribution in [1.82, 2.24) is 14.4 Å². The van der Waals surface area contributed by atoms with Crippen LogP contribution in [0.2, 0.25) is 0 Å². The molecule has 0 saturated carbocycles. The van der Waals surface area contributed by atoms with Gasteiger partial charge in [0.05, 0.1) is 0 Å². The molecule has 2 amide bonds. The van der Waals surface area contributed by atoms with Gasteiger partial charge >= 0.3 is 0 Å². The SMILES string of the molecule is CCn1cc(C(CC(=O)N2CCN(C(C)=O)CC2)c2cccc(C)c2)c2ccccc21. The Balaban J connectivity index is 1.67. The number of hydrogen-bond donors (Lipinski definition) is 0. The van der Waals surface area contributed by atoms with Crippen LogP contribution in [0.4, 0.5) is 0 Å². The fourth-order valence-corrected chi connectivity index (χ4v) is 4.68. The summed E-state index contributed by atoms with van der Waals surface area (Å²) in [4.78, 5) is 28.7. The number of piperazine rings is 1. The molecule has 1 aromatic heterocycles. The van der Waals surface area contributed by atoms with Gasteiger partial charge in [-0.2, -0.15) is 0 Å². The van der Waals surface area contributed by atoms with Crippen molar-refractivity contribution in [2.75, 3.05) is 26.2 Å². The largest absolute Gasteiger partial charge is 0.347 e. The Bertz CT molecular complexity index is 1090. The zero-order chi connectivity index (χ0) is 22.0. The van der Waals surface area contributed by atoms with Crippen LogP contribution in [0, 0.1) is 6.92 Å². The number of carbonyl (C=O) groups is 2. The number of aryl methyl sites for hydroxylation is 2. The first-order valence-corrected chi connectivity index (χ1v) is 11.2. The van der Waals surface area contributed by atoms with Gasteiger partial charge in [0.2, 0.25) is 11.8 Å². The molecule has 5 nitrogen and oxygen atoms in total. The normalized spacial score (nSPS) is 15.3. The Hall–Kier alpha value is -3.08. The monoisotopic (exact) mass is 417 g/mol. The van der Waals surface area contributed by atoms with Gasteiger partial charge in [-0.15, -0.1) is 0 Å². The van der Waals surface area contributed by atoms with Gasteiger partial charge in [-0.25, -0.2) is 0 Å². The second kappa shape index (κ2) is 8.96. The molecular weight excluding hydrogens is 386 g/mol. The highest BCUT2D eigenvalue weighted by Gasteiger charge is 2.27. The number of benzene rings is 2. The van der Waals surface area contributed by atoms with Crippen molar-refractivity contribution >= 4 is 22.7 Å². The summed E-state index contributed by atoms with van der Waals surface area (Å²) in [7, 11) is 0. The number of aromatic nitrogens is 1. The van der Waals surface area contributed by atoms with E-state index >= 15 is 0 Å². The highest BCUT2D eigenvalue weighted by molar-refractivity contribution is 5.87. The molecule has 2 heterocycles. The van der Waals surface area contributed by atoms with E-state index in [9.17, 15) is 9.59 Å². The van der Waals surface area contributed by atoms with E-state index in [1.807, 2.05) is 9.80 Å². The number of rotatable bonds is 5. The Labute approximate surface area is 184 Å². The minimum absolute atomic E-state index is 0.00376. The van der Waals surface area contributed by atoms with E-state index in [-0.39, 0.29) is 17.7 Å². The molecule has 1 aliphatic heterocycles. The first-order valence-electron chi connectivity index (χ1n) is 11.2. The average molecular weight is 418 g/mol. The fourth-order valence-electron chi connectivity index (χ4n) is 4.68. The second-order valence-electron chi connectivity index (χ2n) is 8.45. The molecule has 0 N–H and O–H groups in total. The molecule has 4 rings (SSSR count). The minimum Gasteiger partial charge on any atom is -0.347 e. The van der Waals surface area contributed by atoms with Crippen LogP contribution in [0.25, 0.3) is 10.9 Å². The van der Waals surface area contributed by atoms with Crippen LogP contribution in [0.1, 0.15) is 42.9 Å². The van der Waals surface area contributed by atoms with Crippen molar-refractivity contribution in [3.63, 3.8) is 0 Å². The maximum Gasteiger partial charge on any atom is 0.223 e. The van der Waals surface area contributed by atoms with Gasteiger partial charge in [0.15, 0.2) is 0 Å². The van der Waals surface area contributed by atoms with Crippen molar-refractivity contribution in [1.29, 1.82) is 0 Å². The van der Waals surface area contributed by atoms with Crippen molar-refractivity contribution in [2.24, 2.45) is 0 Å². The quantitative estimate of drug-likeness (QED) is 0.625. The molecule has 5 heteroatoms. The van der Waals surface area contributed by atoms with Crippen molar-refractivity contribution < 1.29 is 9.59 Å². The topological polar surface area (TPSA) is 45.6 Å². The predicted octanol–water partition coefficient (Wildman–Crippen LogP) is 4.18. The van der Waals surface area contributed by atoms with Gasteiger partial charge in [-0.1, -0.05) is 48.0 Å². The fraction of sp³-hybridized carbons (Fsp3) is 0.385. The van der Waals surface area contributed by atoms with Crippen LogP contribution in [0.15, 0.2) is 54.7 Å². The standard InChI is InChI=1S/C26H31N3O2/c1-4-27-18-24(22-10-5-6-11-25(22)27)23(21-9-7-8-19(2)16-21)17-26(31)29-14-12-28(13-15-29)20(3)30/h5-11,16,18,23H,4,12-15,17H2,1-3H3. The summed E-state index contributed by atoms with van der Waals surface area (Å²) in [6, 6.07) is 17.0. The number of carbonyl (C=O) groups excluding carboxylic acids is 2. The maximum absolute atomic E-state index is 13.3. The van der Waals surface area contributed by atoms with Crippen LogP contribution in [0.3, 0.4) is 0 Å². The molecule has 1 unspecified atom stereocenters. The van der Waals surface area contributed by atoms with E-state index < -0.39 is 0 Å². The number of nitrogens with zero attached hydrogens (tertiary/aromatic N) is 3. The summed E-state index contributed by atoms with van der Waals surface area (Å²) in [6.45, 7) is 9.18. The maximum atomic E-state index is 13.3. The van der Waals surface area contributed by atoms with Crippen molar-refractivity contribution in [3.8, 4) is 0 Å². The smallest absolute Gasteiger partial charge is 0.223 e. The van der Waals surface area contributed by atoms with Crippen molar-refractivity contribution in [2.45, 2.75) is 39.7 Å². The Morgan fingerprint density at radius 2 is 1.68 bits per heavy atom. The lowest BCUT2D eigenvalue weighted by Crippen LogP contribution is -2.50. The number of para-hydroxylation sites is 1. The lowest BCUT2D eigenvalue weighted by atomic mass is 9.87. The third kappa shape index (κ3) is 4.36. The Morgan fingerprint density at radius 1 is 0.968 bits per heavy atom. The summed E-state index contributed by atoms with van der Waals surface area (Å²) in [6.07, 6.45) is 2.65. The first-order chi connectivity index (χ1) is 15.0. The van der Waals surface area contributed by atoms with Gasteiger partial charge < -0.3 is 14.4 Å². The van der Waals surface area contributed by atoms with Crippen LogP contribution < -0.4 is 0 Å². The molecule has 1 saturated heterocycles. The summed E-state index contributed by atoms with van der Waals surface area (Å²) in [5.41, 5.74) is 4.79. The molecule has 2 aromatic carbocycles. The van der Waals surface area contributed by atoms with Gasteiger partial charge in [0.25, 0.3) is 0 Å². The summed E-state index contributed by atoms with van der Waals surface area (Å²) in [5.74, 6) is 0.232. The molecule has 0 spiro atoms. The zero-order valence-electron chi connectivity index (χ0n) is 18.7. The van der Waals surface area contributed by atoms with E-state index in [2.05, 4.69) is 73.1 Å². The van der Waals surface area contributed by atoms with Crippen LogP contribution in [-0.2, 0) is 16.1 Å². The molecule has 0 radical (unpaired) electrons. The van der Waals surface area contributed by atoms with Crippen molar-refractivity contribution in [3.05, 3.63) is 71.4 Å². The molecule has 162 valence electrons. The van der Waals surface area contributed by atoms with E-state index in [1.165, 1.54) is 27.6 Å². The van der Waals surface area contributed by atoms with E-state index in [0.29, 0.717) is 32.6 Å². The van der Waals surface area contributed by atoms with Crippen LogP contribution >= 0.6 is 0 Å². The Morgan fingerprint density at radius 3 is 2.35 bits per heavy atom. The molecule has 0 bridgehead atoms. The van der Waals surface area contributed by atoms with E-state index in [1.54, 1.807) is 6.92 Å². The van der Waals surface area contributed by atoms with Crippen LogP contribution in [0.5, 0.6) is 0 Å². The zero-order valence-corrected chi connectivity index (χ0v) is 18.7. The highest BCUT2D eigenvalue weighted by Crippen LogP contribution is 2.35. The lowest BCUT2D eigenvalue weighted by molar-refractivity contribution is -0.138. The number of fused-ring (bicyclic) bond motifs is 1. The summed E-state index contributed by atoms with van der Waals surface area (Å²) in [5, 5.41) is 1.21. The third-order valence-corrected chi connectivity index (χ3v) is 6.44. The molecule has 1 fully saturated rings. The molecule has 0 aliphatic carbocycles. The van der Waals surface area contributed by atoms with Gasteiger partial charge in [0, 0.05) is 69.1 Å². The third-order valence-electron chi connectivity index (χ3n) is 6.44. The highest BCUT2D eigenvalue weighted by atomic mass is 16.2. The molecule has 1 atom stereocenters. The number of hydrogen-bond acceptors (Lipinski definition) is 2. The predicted molar refractivity (Wildman–Crippen MR) is 124 cm³/mol. The summed E-state index contributed by atoms with van der Waals surface area (Å²) >= 11 is 0. The summed E-state index contributed by atoms with van der Waals surface area (Å²) < 4.78 is 2.27.